The van der Waals surface area contributed by atoms with Gasteiger partial charge in [-0.1, -0.05) is 18.2 Å². The second-order valence-electron chi connectivity index (χ2n) is 3.67. The molecule has 0 saturated heterocycles. The van der Waals surface area contributed by atoms with Gasteiger partial charge in [-0.25, -0.2) is 0 Å². The molecule has 1 aromatic rings. The van der Waals surface area contributed by atoms with Crippen LogP contribution in [0.1, 0.15) is 31.2 Å². The summed E-state index contributed by atoms with van der Waals surface area (Å²) in [5.74, 6) is 0.413. The SMILES string of the molecule is CCOS(=O)(=O)c1ccccc1C1CC1. The minimum atomic E-state index is -3.55. The summed E-state index contributed by atoms with van der Waals surface area (Å²) in [6.45, 7) is 1.86. The van der Waals surface area contributed by atoms with Gasteiger partial charge in [-0.3, -0.25) is 4.18 Å². The molecule has 1 aromatic carbocycles. The molecule has 0 aliphatic heterocycles. The lowest BCUT2D eigenvalue weighted by molar-refractivity contribution is 0.337. The van der Waals surface area contributed by atoms with Crippen molar-refractivity contribution in [3.63, 3.8) is 0 Å². The smallest absolute Gasteiger partial charge is 0.267 e. The molecule has 1 saturated carbocycles. The standard InChI is InChI=1S/C11H14O3S/c1-2-14-15(12,13)11-6-4-3-5-10(11)9-7-8-9/h3-6,9H,2,7-8H2,1H3. The van der Waals surface area contributed by atoms with Crippen LogP contribution in [0.25, 0.3) is 0 Å². The van der Waals surface area contributed by atoms with Crippen molar-refractivity contribution in [1.29, 1.82) is 0 Å². The largest absolute Gasteiger partial charge is 0.297 e. The molecule has 1 aliphatic carbocycles. The van der Waals surface area contributed by atoms with Crippen LogP contribution in [0, 0.1) is 0 Å². The molecule has 0 aromatic heterocycles. The Hall–Kier alpha value is -0.870. The fourth-order valence-corrected chi connectivity index (χ4v) is 2.86. The average molecular weight is 226 g/mol. The highest BCUT2D eigenvalue weighted by Crippen LogP contribution is 2.42. The molecule has 0 atom stereocenters. The van der Waals surface area contributed by atoms with Crippen LogP contribution < -0.4 is 0 Å². The monoisotopic (exact) mass is 226 g/mol. The van der Waals surface area contributed by atoms with E-state index in [-0.39, 0.29) is 6.61 Å². The van der Waals surface area contributed by atoms with Gasteiger partial charge in [-0.2, -0.15) is 8.42 Å². The predicted octanol–water partition coefficient (Wildman–Crippen LogP) is 2.29. The van der Waals surface area contributed by atoms with Crippen LogP contribution in [0.5, 0.6) is 0 Å². The minimum absolute atomic E-state index is 0.182. The maximum absolute atomic E-state index is 11.8. The molecule has 15 heavy (non-hydrogen) atoms. The Balaban J connectivity index is 2.42. The van der Waals surface area contributed by atoms with Gasteiger partial charge in [0.2, 0.25) is 0 Å². The van der Waals surface area contributed by atoms with Crippen molar-refractivity contribution in [2.75, 3.05) is 6.61 Å². The summed E-state index contributed by atoms with van der Waals surface area (Å²) in [7, 11) is -3.55. The third kappa shape index (κ3) is 2.21. The first-order chi connectivity index (χ1) is 7.15. The summed E-state index contributed by atoms with van der Waals surface area (Å²) in [6.07, 6.45) is 2.16. The van der Waals surface area contributed by atoms with Crippen molar-refractivity contribution in [1.82, 2.24) is 0 Å². The van der Waals surface area contributed by atoms with E-state index >= 15 is 0 Å². The van der Waals surface area contributed by atoms with Gasteiger partial charge < -0.3 is 0 Å². The van der Waals surface area contributed by atoms with Gasteiger partial charge in [0, 0.05) is 0 Å². The number of benzene rings is 1. The Morgan fingerprint density at radius 2 is 2.00 bits per heavy atom. The molecule has 0 N–H and O–H groups in total. The van der Waals surface area contributed by atoms with Gasteiger partial charge in [0.05, 0.1) is 11.5 Å². The average Bonchev–Trinajstić information content (AvgIpc) is 3.01. The zero-order valence-corrected chi connectivity index (χ0v) is 9.46. The van der Waals surface area contributed by atoms with E-state index in [9.17, 15) is 8.42 Å². The Morgan fingerprint density at radius 3 is 2.60 bits per heavy atom. The van der Waals surface area contributed by atoms with Crippen molar-refractivity contribution in [3.8, 4) is 0 Å². The summed E-state index contributed by atoms with van der Waals surface area (Å²) >= 11 is 0. The second-order valence-corrected chi connectivity index (χ2v) is 5.26. The maximum atomic E-state index is 11.8. The van der Waals surface area contributed by atoms with Crippen LogP contribution in [0.3, 0.4) is 0 Å². The summed E-state index contributed by atoms with van der Waals surface area (Å²) in [4.78, 5) is 0.342. The van der Waals surface area contributed by atoms with E-state index in [0.717, 1.165) is 18.4 Å². The summed E-state index contributed by atoms with van der Waals surface area (Å²) in [6, 6.07) is 7.11. The molecule has 1 fully saturated rings. The van der Waals surface area contributed by atoms with Crippen LogP contribution in [0.15, 0.2) is 29.2 Å². The zero-order valence-electron chi connectivity index (χ0n) is 8.64. The van der Waals surface area contributed by atoms with Crippen molar-refractivity contribution < 1.29 is 12.6 Å². The lowest BCUT2D eigenvalue weighted by Crippen LogP contribution is -2.08. The normalized spacial score (nSPS) is 16.6. The van der Waals surface area contributed by atoms with Gasteiger partial charge in [0.15, 0.2) is 0 Å². The molecule has 0 amide bonds. The molecule has 4 heteroatoms. The number of hydrogen-bond donors (Lipinski definition) is 0. The second kappa shape index (κ2) is 3.94. The van der Waals surface area contributed by atoms with E-state index in [1.54, 1.807) is 19.1 Å². The van der Waals surface area contributed by atoms with Gasteiger partial charge in [0.25, 0.3) is 10.1 Å². The summed E-state index contributed by atoms with van der Waals surface area (Å²) < 4.78 is 28.3. The van der Waals surface area contributed by atoms with Crippen molar-refractivity contribution >= 4 is 10.1 Å². The van der Waals surface area contributed by atoms with Crippen LogP contribution in [0.2, 0.25) is 0 Å². The minimum Gasteiger partial charge on any atom is -0.267 e. The maximum Gasteiger partial charge on any atom is 0.297 e. The third-order valence-electron chi connectivity index (χ3n) is 2.48. The molecule has 0 heterocycles. The zero-order chi connectivity index (χ0) is 10.9. The molecular weight excluding hydrogens is 212 g/mol. The van der Waals surface area contributed by atoms with E-state index in [4.69, 9.17) is 4.18 Å². The van der Waals surface area contributed by atoms with E-state index < -0.39 is 10.1 Å². The lowest BCUT2D eigenvalue weighted by Gasteiger charge is -2.08. The van der Waals surface area contributed by atoms with Gasteiger partial charge in [-0.05, 0) is 37.3 Å². The molecule has 0 radical (unpaired) electrons. The highest BCUT2D eigenvalue weighted by atomic mass is 32.2. The van der Waals surface area contributed by atoms with Crippen molar-refractivity contribution in [2.45, 2.75) is 30.6 Å². The van der Waals surface area contributed by atoms with Gasteiger partial charge >= 0.3 is 0 Å². The Kier molecular flexibility index (Phi) is 2.80. The van der Waals surface area contributed by atoms with E-state index in [1.165, 1.54) is 0 Å². The third-order valence-corrected chi connectivity index (χ3v) is 3.93. The van der Waals surface area contributed by atoms with Crippen LogP contribution >= 0.6 is 0 Å². The first-order valence-electron chi connectivity index (χ1n) is 5.13. The Bertz CT molecular complexity index is 447. The molecule has 2 rings (SSSR count). The fraction of sp³-hybridized carbons (Fsp3) is 0.455. The van der Waals surface area contributed by atoms with Crippen LogP contribution in [-0.4, -0.2) is 15.0 Å². The quantitative estimate of drug-likeness (QED) is 0.740. The van der Waals surface area contributed by atoms with Crippen molar-refractivity contribution in [3.05, 3.63) is 29.8 Å². The van der Waals surface area contributed by atoms with Gasteiger partial charge in [0.1, 0.15) is 0 Å². The van der Waals surface area contributed by atoms with Crippen molar-refractivity contribution in [2.24, 2.45) is 0 Å². The summed E-state index contributed by atoms with van der Waals surface area (Å²) in [5, 5.41) is 0. The topological polar surface area (TPSA) is 43.4 Å². The molecular formula is C11H14O3S. The molecule has 0 bridgehead atoms. The first kappa shape index (κ1) is 10.6. The van der Waals surface area contributed by atoms with Crippen LogP contribution in [-0.2, 0) is 14.3 Å². The molecule has 82 valence electrons. The number of hydrogen-bond acceptors (Lipinski definition) is 3. The Morgan fingerprint density at radius 1 is 1.33 bits per heavy atom. The Labute approximate surface area is 90.2 Å². The van der Waals surface area contributed by atoms with E-state index in [1.807, 2.05) is 12.1 Å². The molecule has 3 nitrogen and oxygen atoms in total. The highest BCUT2D eigenvalue weighted by molar-refractivity contribution is 7.86. The molecule has 0 unspecified atom stereocenters. The van der Waals surface area contributed by atoms with Crippen LogP contribution in [0.4, 0.5) is 0 Å². The first-order valence-corrected chi connectivity index (χ1v) is 6.54. The molecule has 1 aliphatic rings. The fourth-order valence-electron chi connectivity index (χ4n) is 1.66. The van der Waals surface area contributed by atoms with E-state index in [2.05, 4.69) is 0 Å². The van der Waals surface area contributed by atoms with E-state index in [0.29, 0.717) is 10.8 Å². The summed E-state index contributed by atoms with van der Waals surface area (Å²) in [5.41, 5.74) is 0.908. The lowest BCUT2D eigenvalue weighted by atomic mass is 10.1. The molecule has 0 spiro atoms. The highest BCUT2D eigenvalue weighted by Gasteiger charge is 2.30. The number of rotatable bonds is 4. The van der Waals surface area contributed by atoms with Gasteiger partial charge in [-0.15, -0.1) is 0 Å². The predicted molar refractivity (Wildman–Crippen MR) is 57.2 cm³/mol.